The average Bonchev–Trinajstić information content (AvgIpc) is 3.09. The van der Waals surface area contributed by atoms with Gasteiger partial charge in [-0.15, -0.1) is 11.3 Å². The first-order valence-corrected chi connectivity index (χ1v) is 10.6. The molecule has 0 spiro atoms. The van der Waals surface area contributed by atoms with Crippen LogP contribution in [0.4, 0.5) is 0 Å². The highest BCUT2D eigenvalue weighted by atomic mass is 32.1. The molecule has 1 fully saturated rings. The van der Waals surface area contributed by atoms with E-state index in [-0.39, 0.29) is 0 Å². The fourth-order valence-corrected chi connectivity index (χ4v) is 4.28. The molecular weight excluding hydrogens is 390 g/mol. The molecule has 2 aromatic rings. The topological polar surface area (TPSA) is 103 Å². The molecule has 2 heterocycles. The summed E-state index contributed by atoms with van der Waals surface area (Å²) in [6, 6.07) is 9.18. The lowest BCUT2D eigenvalue weighted by Gasteiger charge is -2.35. The molecule has 0 atom stereocenters. The Morgan fingerprint density at radius 3 is 2.38 bits per heavy atom. The number of fused-ring (bicyclic) bond motifs is 1. The van der Waals surface area contributed by atoms with E-state index in [4.69, 9.17) is 15.2 Å². The summed E-state index contributed by atoms with van der Waals surface area (Å²) in [5.74, 6) is -1.81. The van der Waals surface area contributed by atoms with E-state index in [1.165, 1.54) is 29.1 Å². The molecule has 3 N–H and O–H groups in total. The SMILES string of the molecule is CC(C)CN(Cc1nc2ccccc2s1)C1CCNCC1.O=C(O)C=CC(=O)O. The number of hydrogen-bond acceptors (Lipinski definition) is 6. The molecule has 1 aliphatic rings. The normalized spacial score (nSPS) is 15.0. The Labute approximate surface area is 175 Å². The Kier molecular flexibility index (Phi) is 9.24. The third kappa shape index (κ3) is 8.31. The molecule has 29 heavy (non-hydrogen) atoms. The molecule has 0 aliphatic carbocycles. The number of aromatic nitrogens is 1. The summed E-state index contributed by atoms with van der Waals surface area (Å²) in [6.45, 7) is 9.10. The molecular formula is C21H29N3O4S. The highest BCUT2D eigenvalue weighted by Gasteiger charge is 2.22. The van der Waals surface area contributed by atoms with E-state index >= 15 is 0 Å². The van der Waals surface area contributed by atoms with E-state index in [2.05, 4.69) is 48.3 Å². The van der Waals surface area contributed by atoms with Crippen LogP contribution in [0.5, 0.6) is 0 Å². The molecule has 1 aliphatic heterocycles. The molecule has 0 unspecified atom stereocenters. The highest BCUT2D eigenvalue weighted by molar-refractivity contribution is 7.18. The fraction of sp³-hybridized carbons (Fsp3) is 0.476. The van der Waals surface area contributed by atoms with Crippen molar-refractivity contribution in [3.63, 3.8) is 0 Å². The Hall–Kier alpha value is -2.29. The highest BCUT2D eigenvalue weighted by Crippen LogP contribution is 2.25. The largest absolute Gasteiger partial charge is 0.478 e. The number of piperidine rings is 1. The van der Waals surface area contributed by atoms with Gasteiger partial charge in [-0.25, -0.2) is 14.6 Å². The van der Waals surface area contributed by atoms with Gasteiger partial charge in [-0.3, -0.25) is 4.90 Å². The van der Waals surface area contributed by atoms with E-state index in [9.17, 15) is 9.59 Å². The Bertz CT molecular complexity index is 779. The summed E-state index contributed by atoms with van der Waals surface area (Å²) in [4.78, 5) is 26.6. The van der Waals surface area contributed by atoms with Crippen LogP contribution >= 0.6 is 11.3 Å². The summed E-state index contributed by atoms with van der Waals surface area (Å²) in [6.07, 6.45) is 3.64. The van der Waals surface area contributed by atoms with E-state index < -0.39 is 11.9 Å². The molecule has 8 heteroatoms. The zero-order valence-electron chi connectivity index (χ0n) is 16.9. The van der Waals surface area contributed by atoms with Gasteiger partial charge in [0.05, 0.1) is 16.8 Å². The number of thiazole rings is 1. The maximum Gasteiger partial charge on any atom is 0.328 e. The van der Waals surface area contributed by atoms with Crippen LogP contribution in [0.15, 0.2) is 36.4 Å². The van der Waals surface area contributed by atoms with Crippen molar-refractivity contribution < 1.29 is 19.8 Å². The lowest BCUT2D eigenvalue weighted by Crippen LogP contribution is -2.44. The zero-order valence-corrected chi connectivity index (χ0v) is 17.7. The lowest BCUT2D eigenvalue weighted by molar-refractivity contribution is -0.134. The third-order valence-electron chi connectivity index (χ3n) is 4.47. The number of carboxylic acid groups (broad SMARTS) is 2. The molecule has 1 aromatic carbocycles. The number of nitrogens with zero attached hydrogens (tertiary/aromatic N) is 2. The van der Waals surface area contributed by atoms with Crippen LogP contribution in [-0.2, 0) is 16.1 Å². The smallest absolute Gasteiger partial charge is 0.328 e. The van der Waals surface area contributed by atoms with Gasteiger partial charge in [0.15, 0.2) is 0 Å². The van der Waals surface area contributed by atoms with Crippen molar-refractivity contribution in [2.24, 2.45) is 5.92 Å². The third-order valence-corrected chi connectivity index (χ3v) is 5.49. The molecule has 3 rings (SSSR count). The predicted octanol–water partition coefficient (Wildman–Crippen LogP) is 3.22. The second kappa shape index (κ2) is 11.6. The van der Waals surface area contributed by atoms with Crippen LogP contribution in [0.25, 0.3) is 10.2 Å². The summed E-state index contributed by atoms with van der Waals surface area (Å²) >= 11 is 1.85. The monoisotopic (exact) mass is 419 g/mol. The molecule has 0 saturated carbocycles. The Morgan fingerprint density at radius 1 is 1.21 bits per heavy atom. The average molecular weight is 420 g/mol. The Balaban J connectivity index is 0.000000321. The number of rotatable bonds is 7. The molecule has 158 valence electrons. The molecule has 0 bridgehead atoms. The van der Waals surface area contributed by atoms with Gasteiger partial charge in [0, 0.05) is 24.7 Å². The summed E-state index contributed by atoms with van der Waals surface area (Å²) in [5, 5.41) is 20.4. The van der Waals surface area contributed by atoms with Crippen LogP contribution in [0, 0.1) is 5.92 Å². The van der Waals surface area contributed by atoms with Crippen molar-refractivity contribution in [3.8, 4) is 0 Å². The maximum absolute atomic E-state index is 9.55. The van der Waals surface area contributed by atoms with Gasteiger partial charge < -0.3 is 15.5 Å². The first-order chi connectivity index (χ1) is 13.8. The van der Waals surface area contributed by atoms with Crippen molar-refractivity contribution in [1.29, 1.82) is 0 Å². The van der Waals surface area contributed by atoms with Gasteiger partial charge in [-0.2, -0.15) is 0 Å². The fourth-order valence-electron chi connectivity index (χ4n) is 3.29. The maximum atomic E-state index is 9.55. The first kappa shape index (κ1) is 23.0. The van der Waals surface area contributed by atoms with Gasteiger partial charge in [0.1, 0.15) is 5.01 Å². The minimum atomic E-state index is -1.26. The van der Waals surface area contributed by atoms with Crippen molar-refractivity contribution in [1.82, 2.24) is 15.2 Å². The molecule has 0 radical (unpaired) electrons. The van der Waals surface area contributed by atoms with E-state index in [1.54, 1.807) is 0 Å². The van der Waals surface area contributed by atoms with Crippen molar-refractivity contribution >= 4 is 33.5 Å². The van der Waals surface area contributed by atoms with Crippen molar-refractivity contribution in [2.75, 3.05) is 19.6 Å². The van der Waals surface area contributed by atoms with Gasteiger partial charge >= 0.3 is 11.9 Å². The van der Waals surface area contributed by atoms with Gasteiger partial charge in [0.2, 0.25) is 0 Å². The Morgan fingerprint density at radius 2 is 1.83 bits per heavy atom. The van der Waals surface area contributed by atoms with E-state index in [0.717, 1.165) is 25.2 Å². The predicted molar refractivity (Wildman–Crippen MR) is 115 cm³/mol. The minimum Gasteiger partial charge on any atom is -0.478 e. The summed E-state index contributed by atoms with van der Waals surface area (Å²) in [7, 11) is 0. The number of nitrogens with one attached hydrogen (secondary N) is 1. The molecule has 7 nitrogen and oxygen atoms in total. The lowest BCUT2D eigenvalue weighted by atomic mass is 10.0. The zero-order chi connectivity index (χ0) is 21.2. The van der Waals surface area contributed by atoms with E-state index in [0.29, 0.717) is 24.1 Å². The van der Waals surface area contributed by atoms with Gasteiger partial charge in [-0.05, 0) is 44.0 Å². The standard InChI is InChI=1S/C17H25N3S.C4H4O4/c1-13(2)11-20(14-7-9-18-10-8-14)12-17-19-15-5-3-4-6-16(15)21-17;5-3(6)1-2-4(7)8/h3-6,13-14,18H,7-12H2,1-2H3;1-2H,(H,5,6)(H,7,8). The van der Waals surface area contributed by atoms with Crippen LogP contribution in [0.1, 0.15) is 31.7 Å². The van der Waals surface area contributed by atoms with E-state index in [1.807, 2.05) is 11.3 Å². The van der Waals surface area contributed by atoms with Gasteiger partial charge in [0.25, 0.3) is 0 Å². The number of carbonyl (C=O) groups is 2. The van der Waals surface area contributed by atoms with Gasteiger partial charge in [-0.1, -0.05) is 26.0 Å². The first-order valence-electron chi connectivity index (χ1n) is 9.78. The second-order valence-electron chi connectivity index (χ2n) is 7.39. The number of hydrogen-bond donors (Lipinski definition) is 3. The van der Waals surface area contributed by atoms with Crippen LogP contribution < -0.4 is 5.32 Å². The second-order valence-corrected chi connectivity index (χ2v) is 8.50. The molecule has 1 saturated heterocycles. The number of benzene rings is 1. The van der Waals surface area contributed by atoms with Crippen LogP contribution in [-0.4, -0.2) is 57.7 Å². The summed E-state index contributed by atoms with van der Waals surface area (Å²) < 4.78 is 1.31. The quantitative estimate of drug-likeness (QED) is 0.592. The number of aliphatic carboxylic acids is 2. The van der Waals surface area contributed by atoms with Crippen LogP contribution in [0.3, 0.4) is 0 Å². The van der Waals surface area contributed by atoms with Crippen molar-refractivity contribution in [3.05, 3.63) is 41.4 Å². The number of para-hydroxylation sites is 1. The minimum absolute atomic E-state index is 0.558. The molecule has 1 aromatic heterocycles. The number of carboxylic acids is 2. The summed E-state index contributed by atoms with van der Waals surface area (Å²) in [5.41, 5.74) is 1.15. The van der Waals surface area contributed by atoms with Crippen LogP contribution in [0.2, 0.25) is 0 Å². The molecule has 0 amide bonds. The van der Waals surface area contributed by atoms with Crippen molar-refractivity contribution in [2.45, 2.75) is 39.3 Å².